The van der Waals surface area contributed by atoms with E-state index < -0.39 is 0 Å². The smallest absolute Gasteiger partial charge is 0.225 e. The van der Waals surface area contributed by atoms with E-state index in [9.17, 15) is 9.59 Å². The van der Waals surface area contributed by atoms with Crippen molar-refractivity contribution in [1.29, 1.82) is 0 Å². The molecule has 3 rings (SSSR count). The number of hydrogen-bond acceptors (Lipinski definition) is 4. The van der Waals surface area contributed by atoms with Gasteiger partial charge in [0, 0.05) is 51.9 Å². The van der Waals surface area contributed by atoms with E-state index in [4.69, 9.17) is 0 Å². The summed E-state index contributed by atoms with van der Waals surface area (Å²) in [5.74, 6) is -0.220. The second-order valence-electron chi connectivity index (χ2n) is 7.29. The molecular formula is C19H28N4O2. The summed E-state index contributed by atoms with van der Waals surface area (Å²) in [7, 11) is 3.90. The predicted octanol–water partition coefficient (Wildman–Crippen LogP) is 1.09. The van der Waals surface area contributed by atoms with Crippen molar-refractivity contribution < 1.29 is 9.59 Å². The van der Waals surface area contributed by atoms with Gasteiger partial charge in [0.15, 0.2) is 0 Å². The van der Waals surface area contributed by atoms with Gasteiger partial charge in [-0.1, -0.05) is 12.1 Å². The van der Waals surface area contributed by atoms with Crippen LogP contribution in [0.5, 0.6) is 0 Å². The molecule has 0 bridgehead atoms. The molecule has 2 fully saturated rings. The van der Waals surface area contributed by atoms with Crippen LogP contribution in [0, 0.1) is 5.92 Å². The van der Waals surface area contributed by atoms with Crippen molar-refractivity contribution in [3.63, 3.8) is 0 Å². The molecule has 0 aliphatic carbocycles. The molecule has 25 heavy (non-hydrogen) atoms. The topological polar surface area (TPSA) is 55.9 Å². The quantitative estimate of drug-likeness (QED) is 0.889. The lowest BCUT2D eigenvalue weighted by Crippen LogP contribution is -2.44. The second-order valence-corrected chi connectivity index (χ2v) is 7.29. The third-order valence-electron chi connectivity index (χ3n) is 5.33. The Balaban J connectivity index is 1.56. The number of anilines is 1. The lowest BCUT2D eigenvalue weighted by atomic mass is 10.0. The van der Waals surface area contributed by atoms with Crippen molar-refractivity contribution in [2.45, 2.75) is 19.4 Å². The Morgan fingerprint density at radius 3 is 2.32 bits per heavy atom. The summed E-state index contributed by atoms with van der Waals surface area (Å²) in [5, 5.41) is 3.05. The molecule has 0 spiro atoms. The maximum atomic E-state index is 12.4. The van der Waals surface area contributed by atoms with Crippen LogP contribution in [0.2, 0.25) is 0 Å². The minimum absolute atomic E-state index is 0.0339. The molecule has 136 valence electrons. The normalized spacial score (nSPS) is 23.0. The van der Waals surface area contributed by atoms with Crippen LogP contribution >= 0.6 is 0 Å². The highest BCUT2D eigenvalue weighted by molar-refractivity contribution is 5.89. The Labute approximate surface area is 149 Å². The summed E-state index contributed by atoms with van der Waals surface area (Å²) in [5.41, 5.74) is 2.32. The summed E-state index contributed by atoms with van der Waals surface area (Å²) >= 11 is 0. The van der Waals surface area contributed by atoms with Crippen LogP contribution in [-0.4, -0.2) is 68.4 Å². The van der Waals surface area contributed by atoms with E-state index in [1.807, 2.05) is 6.92 Å². The third-order valence-corrected chi connectivity index (χ3v) is 5.33. The van der Waals surface area contributed by atoms with E-state index in [1.54, 1.807) is 11.9 Å². The molecule has 1 aromatic rings. The van der Waals surface area contributed by atoms with Gasteiger partial charge >= 0.3 is 0 Å². The number of carbonyl (C=O) groups is 2. The van der Waals surface area contributed by atoms with Crippen molar-refractivity contribution in [2.24, 2.45) is 5.92 Å². The number of carbonyl (C=O) groups excluding carboxylic acids is 2. The fourth-order valence-corrected chi connectivity index (χ4v) is 3.49. The van der Waals surface area contributed by atoms with Crippen LogP contribution in [0.15, 0.2) is 24.3 Å². The molecule has 2 amide bonds. The molecule has 2 aliphatic heterocycles. The Hall–Kier alpha value is -2.08. The maximum Gasteiger partial charge on any atom is 0.225 e. The van der Waals surface area contributed by atoms with Crippen molar-refractivity contribution in [1.82, 2.24) is 15.1 Å². The number of hydrogen-bond donors (Lipinski definition) is 1. The van der Waals surface area contributed by atoms with Crippen molar-refractivity contribution >= 4 is 17.5 Å². The largest absolute Gasteiger partial charge is 0.369 e. The molecule has 0 aromatic heterocycles. The van der Waals surface area contributed by atoms with Gasteiger partial charge in [0.2, 0.25) is 11.8 Å². The Morgan fingerprint density at radius 1 is 1.12 bits per heavy atom. The van der Waals surface area contributed by atoms with E-state index in [1.165, 1.54) is 5.69 Å². The van der Waals surface area contributed by atoms with Crippen LogP contribution in [0.3, 0.4) is 0 Å². The first-order valence-corrected chi connectivity index (χ1v) is 9.02. The van der Waals surface area contributed by atoms with Crippen molar-refractivity contribution in [2.75, 3.05) is 51.7 Å². The molecule has 2 heterocycles. The maximum absolute atomic E-state index is 12.4. The van der Waals surface area contributed by atoms with E-state index in [0.717, 1.165) is 31.7 Å². The molecular weight excluding hydrogens is 316 g/mol. The molecule has 1 N–H and O–H groups in total. The fourth-order valence-electron chi connectivity index (χ4n) is 3.49. The van der Waals surface area contributed by atoms with Gasteiger partial charge in [-0.2, -0.15) is 0 Å². The summed E-state index contributed by atoms with van der Waals surface area (Å²) in [4.78, 5) is 30.3. The Bertz CT molecular complexity index is 623. The summed E-state index contributed by atoms with van der Waals surface area (Å²) in [6.45, 7) is 6.77. The van der Waals surface area contributed by atoms with Gasteiger partial charge in [-0.25, -0.2) is 0 Å². The number of piperazine rings is 1. The van der Waals surface area contributed by atoms with Crippen LogP contribution in [0.25, 0.3) is 0 Å². The van der Waals surface area contributed by atoms with E-state index >= 15 is 0 Å². The fraction of sp³-hybridized carbons (Fsp3) is 0.579. The highest BCUT2D eigenvalue weighted by Crippen LogP contribution is 2.22. The summed E-state index contributed by atoms with van der Waals surface area (Å²) in [6, 6.07) is 8.39. The Morgan fingerprint density at radius 2 is 1.76 bits per heavy atom. The number of likely N-dealkylation sites (N-methyl/N-ethyl adjacent to an activating group) is 1. The SMILES string of the molecule is C[C@H](NC(=O)[C@@H]1CC(=O)N(C)C1)c1ccc(N2CCN(C)CC2)cc1. The van der Waals surface area contributed by atoms with Crippen LogP contribution in [0.4, 0.5) is 5.69 Å². The number of rotatable bonds is 4. The number of nitrogens with zero attached hydrogens (tertiary/aromatic N) is 3. The molecule has 2 atom stereocenters. The molecule has 0 radical (unpaired) electrons. The van der Waals surface area contributed by atoms with Crippen LogP contribution in [0.1, 0.15) is 24.9 Å². The zero-order valence-electron chi connectivity index (χ0n) is 15.4. The molecule has 2 saturated heterocycles. The molecule has 6 heteroatoms. The van der Waals surface area contributed by atoms with Gasteiger partial charge in [-0.3, -0.25) is 9.59 Å². The van der Waals surface area contributed by atoms with Crippen LogP contribution in [-0.2, 0) is 9.59 Å². The van der Waals surface area contributed by atoms with E-state index in [0.29, 0.717) is 13.0 Å². The van der Waals surface area contributed by atoms with Gasteiger partial charge < -0.3 is 20.0 Å². The van der Waals surface area contributed by atoms with Gasteiger partial charge in [-0.15, -0.1) is 0 Å². The van der Waals surface area contributed by atoms with E-state index in [-0.39, 0.29) is 23.8 Å². The lowest BCUT2D eigenvalue weighted by molar-refractivity contribution is -0.128. The van der Waals surface area contributed by atoms with Gasteiger partial charge in [0.25, 0.3) is 0 Å². The molecule has 1 aromatic carbocycles. The first-order chi connectivity index (χ1) is 11.9. The second kappa shape index (κ2) is 7.44. The zero-order chi connectivity index (χ0) is 18.0. The van der Waals surface area contributed by atoms with Crippen molar-refractivity contribution in [3.05, 3.63) is 29.8 Å². The number of amides is 2. The summed E-state index contributed by atoms with van der Waals surface area (Å²) in [6.07, 6.45) is 0.317. The number of nitrogens with one attached hydrogen (secondary N) is 1. The molecule has 0 unspecified atom stereocenters. The van der Waals surface area contributed by atoms with Gasteiger partial charge in [0.05, 0.1) is 12.0 Å². The minimum Gasteiger partial charge on any atom is -0.369 e. The first kappa shape index (κ1) is 17.7. The average molecular weight is 344 g/mol. The number of likely N-dealkylation sites (tertiary alicyclic amines) is 1. The predicted molar refractivity (Wildman–Crippen MR) is 98.5 cm³/mol. The van der Waals surface area contributed by atoms with Gasteiger partial charge in [-0.05, 0) is 31.7 Å². The highest BCUT2D eigenvalue weighted by Gasteiger charge is 2.32. The molecule has 2 aliphatic rings. The Kier molecular flexibility index (Phi) is 5.27. The van der Waals surface area contributed by atoms with Gasteiger partial charge in [0.1, 0.15) is 0 Å². The molecule has 6 nitrogen and oxygen atoms in total. The minimum atomic E-state index is -0.232. The standard InChI is InChI=1S/C19H28N4O2/c1-14(20-19(25)16-12-18(24)22(3)13-16)15-4-6-17(7-5-15)23-10-8-21(2)9-11-23/h4-7,14,16H,8-13H2,1-3H3,(H,20,25)/t14-,16+/m0/s1. The third kappa shape index (κ3) is 4.12. The average Bonchev–Trinajstić information content (AvgIpc) is 2.95. The van der Waals surface area contributed by atoms with Crippen molar-refractivity contribution in [3.8, 4) is 0 Å². The zero-order valence-corrected chi connectivity index (χ0v) is 15.4. The lowest BCUT2D eigenvalue weighted by Gasteiger charge is -2.34. The van der Waals surface area contributed by atoms with E-state index in [2.05, 4.69) is 46.4 Å². The molecule has 0 saturated carbocycles. The highest BCUT2D eigenvalue weighted by atomic mass is 16.2. The first-order valence-electron chi connectivity index (χ1n) is 9.02. The number of benzene rings is 1. The monoisotopic (exact) mass is 344 g/mol. The summed E-state index contributed by atoms with van der Waals surface area (Å²) < 4.78 is 0. The van der Waals surface area contributed by atoms with Crippen LogP contribution < -0.4 is 10.2 Å².